The van der Waals surface area contributed by atoms with E-state index in [2.05, 4.69) is 51.4 Å². The highest BCUT2D eigenvalue weighted by molar-refractivity contribution is 14.1. The zero-order chi connectivity index (χ0) is 18.7. The van der Waals surface area contributed by atoms with Crippen LogP contribution in [0.5, 0.6) is 5.75 Å². The quantitative estimate of drug-likeness (QED) is 0.378. The molecule has 25 heavy (non-hydrogen) atoms. The highest BCUT2D eigenvalue weighted by Gasteiger charge is 2.14. The molecule has 0 aromatic heterocycles. The Balaban J connectivity index is 0.000000450. The van der Waals surface area contributed by atoms with Crippen LogP contribution in [0.4, 0.5) is 0 Å². The van der Waals surface area contributed by atoms with Crippen LogP contribution in [0.25, 0.3) is 0 Å². The number of ether oxygens (including phenoxy) is 1. The third-order valence-corrected chi connectivity index (χ3v) is 4.52. The van der Waals surface area contributed by atoms with Crippen LogP contribution >= 0.6 is 22.6 Å². The number of carboxylic acids is 2. The minimum absolute atomic E-state index is 0.814. The Hall–Kier alpha value is -1.39. The second-order valence-electron chi connectivity index (χ2n) is 5.54. The number of carbonyl (C=O) groups is 2. The first-order valence-corrected chi connectivity index (χ1v) is 9.29. The van der Waals surface area contributed by atoms with Gasteiger partial charge >= 0.3 is 11.9 Å². The third kappa shape index (κ3) is 9.61. The molecule has 0 spiro atoms. The van der Waals surface area contributed by atoms with Crippen LogP contribution in [0.3, 0.4) is 0 Å². The second-order valence-corrected chi connectivity index (χ2v) is 6.79. The van der Waals surface area contributed by atoms with Gasteiger partial charge in [0.25, 0.3) is 0 Å². The lowest BCUT2D eigenvalue weighted by Crippen LogP contribution is -2.46. The van der Waals surface area contributed by atoms with Gasteiger partial charge in [-0.25, -0.2) is 9.59 Å². The summed E-state index contributed by atoms with van der Waals surface area (Å²) in [6, 6.07) is 8.25. The Labute approximate surface area is 161 Å². The second kappa shape index (κ2) is 12.0. The Kier molecular flexibility index (Phi) is 10.4. The number of nitrogens with zero attached hydrogens (tertiary/aromatic N) is 2. The first-order chi connectivity index (χ1) is 11.9. The van der Waals surface area contributed by atoms with Crippen molar-refractivity contribution in [2.24, 2.45) is 0 Å². The van der Waals surface area contributed by atoms with Crippen LogP contribution in [-0.4, -0.2) is 77.8 Å². The third-order valence-electron chi connectivity index (χ3n) is 3.80. The van der Waals surface area contributed by atoms with Crippen molar-refractivity contribution in [3.05, 3.63) is 27.8 Å². The minimum Gasteiger partial charge on any atom is -0.494 e. The van der Waals surface area contributed by atoms with E-state index in [9.17, 15) is 0 Å². The van der Waals surface area contributed by atoms with Gasteiger partial charge in [0.1, 0.15) is 5.75 Å². The predicted octanol–water partition coefficient (Wildman–Crippen LogP) is 1.85. The number of carboxylic acid groups (broad SMARTS) is 2. The average molecular weight is 464 g/mol. The van der Waals surface area contributed by atoms with Crippen LogP contribution in [0, 0.1) is 3.57 Å². The van der Waals surface area contributed by atoms with Gasteiger partial charge in [0.15, 0.2) is 0 Å². The van der Waals surface area contributed by atoms with Gasteiger partial charge in [-0.1, -0.05) is 6.92 Å². The molecule has 1 aromatic rings. The molecule has 140 valence electrons. The summed E-state index contributed by atoms with van der Waals surface area (Å²) in [6.07, 6.45) is 1.11. The van der Waals surface area contributed by atoms with Crippen LogP contribution in [0.1, 0.15) is 13.3 Å². The van der Waals surface area contributed by atoms with Crippen molar-refractivity contribution in [3.63, 3.8) is 0 Å². The monoisotopic (exact) mass is 464 g/mol. The molecule has 7 nitrogen and oxygen atoms in total. The van der Waals surface area contributed by atoms with E-state index in [0.717, 1.165) is 25.3 Å². The lowest BCUT2D eigenvalue weighted by atomic mass is 10.3. The van der Waals surface area contributed by atoms with E-state index in [1.807, 2.05) is 12.1 Å². The van der Waals surface area contributed by atoms with E-state index in [-0.39, 0.29) is 0 Å². The van der Waals surface area contributed by atoms with E-state index < -0.39 is 11.9 Å². The molecular formula is C17H25IN2O5. The maximum absolute atomic E-state index is 9.10. The number of halogens is 1. The number of benzene rings is 1. The Morgan fingerprint density at radius 3 is 2.04 bits per heavy atom. The summed E-state index contributed by atoms with van der Waals surface area (Å²) in [5.41, 5.74) is 0. The standard InChI is InChI=1S/C15H23IN2O.C2H2O4/c1-2-17-9-11-18(12-10-17)8-3-13-19-15-6-4-14(16)5-7-15;3-1(4)2(5)6/h4-7H,2-3,8-13H2,1H3;(H,3,4)(H,5,6). The van der Waals surface area contributed by atoms with Crippen LogP contribution in [-0.2, 0) is 9.59 Å². The van der Waals surface area contributed by atoms with Crippen molar-refractivity contribution in [2.75, 3.05) is 45.9 Å². The van der Waals surface area contributed by atoms with Gasteiger partial charge in [-0.2, -0.15) is 0 Å². The fraction of sp³-hybridized carbons (Fsp3) is 0.529. The molecule has 1 aliphatic rings. The molecule has 1 fully saturated rings. The summed E-state index contributed by atoms with van der Waals surface area (Å²) >= 11 is 2.31. The maximum Gasteiger partial charge on any atom is 0.414 e. The summed E-state index contributed by atoms with van der Waals surface area (Å²) in [6.45, 7) is 10.2. The predicted molar refractivity (Wildman–Crippen MR) is 103 cm³/mol. The smallest absolute Gasteiger partial charge is 0.414 e. The molecule has 0 radical (unpaired) electrons. The number of hydrogen-bond acceptors (Lipinski definition) is 5. The lowest BCUT2D eigenvalue weighted by molar-refractivity contribution is -0.159. The Morgan fingerprint density at radius 2 is 1.56 bits per heavy atom. The lowest BCUT2D eigenvalue weighted by Gasteiger charge is -2.33. The zero-order valence-electron chi connectivity index (χ0n) is 14.4. The van der Waals surface area contributed by atoms with Gasteiger partial charge in [0.05, 0.1) is 6.61 Å². The first-order valence-electron chi connectivity index (χ1n) is 8.21. The van der Waals surface area contributed by atoms with Crippen molar-refractivity contribution in [3.8, 4) is 5.75 Å². The van der Waals surface area contributed by atoms with Gasteiger partial charge in [0, 0.05) is 36.3 Å². The van der Waals surface area contributed by atoms with Gasteiger partial charge in [-0.3, -0.25) is 0 Å². The maximum atomic E-state index is 9.10. The molecule has 1 aliphatic heterocycles. The largest absolute Gasteiger partial charge is 0.494 e. The molecular weight excluding hydrogens is 439 g/mol. The van der Waals surface area contributed by atoms with Crippen molar-refractivity contribution in [1.82, 2.24) is 9.80 Å². The summed E-state index contributed by atoms with van der Waals surface area (Å²) in [7, 11) is 0. The topological polar surface area (TPSA) is 90.3 Å². The first kappa shape index (κ1) is 21.7. The van der Waals surface area contributed by atoms with Gasteiger partial charge < -0.3 is 24.7 Å². The Bertz CT molecular complexity index is 518. The summed E-state index contributed by atoms with van der Waals surface area (Å²) < 4.78 is 7.00. The van der Waals surface area contributed by atoms with Gasteiger partial charge in [-0.05, 0) is 59.8 Å². The van der Waals surface area contributed by atoms with Gasteiger partial charge in [0.2, 0.25) is 0 Å². The fourth-order valence-electron chi connectivity index (χ4n) is 2.34. The molecule has 0 aliphatic carbocycles. The highest BCUT2D eigenvalue weighted by Crippen LogP contribution is 2.13. The molecule has 1 heterocycles. The summed E-state index contributed by atoms with van der Waals surface area (Å²) in [5.74, 6) is -2.67. The van der Waals surface area contributed by atoms with E-state index >= 15 is 0 Å². The molecule has 0 atom stereocenters. The van der Waals surface area contributed by atoms with E-state index in [4.69, 9.17) is 24.5 Å². The molecule has 0 unspecified atom stereocenters. The zero-order valence-corrected chi connectivity index (χ0v) is 16.5. The molecule has 0 saturated carbocycles. The number of rotatable bonds is 6. The van der Waals surface area contributed by atoms with Crippen molar-refractivity contribution >= 4 is 34.5 Å². The molecule has 0 amide bonds. The average Bonchev–Trinajstić information content (AvgIpc) is 2.61. The van der Waals surface area contributed by atoms with Crippen molar-refractivity contribution in [1.29, 1.82) is 0 Å². The molecule has 2 rings (SSSR count). The summed E-state index contributed by atoms with van der Waals surface area (Å²) in [4.78, 5) is 23.3. The van der Waals surface area contributed by atoms with E-state index in [1.54, 1.807) is 0 Å². The molecule has 2 N–H and O–H groups in total. The molecule has 0 bridgehead atoms. The molecule has 8 heteroatoms. The number of likely N-dealkylation sites (N-methyl/N-ethyl adjacent to an activating group) is 1. The van der Waals surface area contributed by atoms with Crippen LogP contribution in [0.15, 0.2) is 24.3 Å². The van der Waals surface area contributed by atoms with E-state index in [1.165, 1.54) is 36.3 Å². The van der Waals surface area contributed by atoms with Crippen LogP contribution < -0.4 is 4.74 Å². The SMILES string of the molecule is CCN1CCN(CCCOc2ccc(I)cc2)CC1.O=C(O)C(=O)O. The molecule has 1 aromatic carbocycles. The van der Waals surface area contributed by atoms with E-state index in [0.29, 0.717) is 0 Å². The van der Waals surface area contributed by atoms with Crippen LogP contribution in [0.2, 0.25) is 0 Å². The number of hydrogen-bond donors (Lipinski definition) is 2. The highest BCUT2D eigenvalue weighted by atomic mass is 127. The minimum atomic E-state index is -1.82. The Morgan fingerprint density at radius 1 is 1.04 bits per heavy atom. The summed E-state index contributed by atoms with van der Waals surface area (Å²) in [5, 5.41) is 14.8. The molecule has 1 saturated heterocycles. The fourth-order valence-corrected chi connectivity index (χ4v) is 2.70. The van der Waals surface area contributed by atoms with Gasteiger partial charge in [-0.15, -0.1) is 0 Å². The number of piperazine rings is 1. The van der Waals surface area contributed by atoms with Crippen molar-refractivity contribution in [2.45, 2.75) is 13.3 Å². The number of aliphatic carboxylic acids is 2. The normalized spacial score (nSPS) is 15.1. The van der Waals surface area contributed by atoms with Crippen molar-refractivity contribution < 1.29 is 24.5 Å².